The van der Waals surface area contributed by atoms with Crippen LogP contribution in [0.2, 0.25) is 0 Å². The number of nitrogens with zero attached hydrogens (tertiary/aromatic N) is 3. The molecule has 0 spiro atoms. The molecule has 1 unspecified atom stereocenters. The van der Waals surface area contributed by atoms with E-state index in [-0.39, 0.29) is 18.4 Å². The second-order valence-electron chi connectivity index (χ2n) is 8.45. The van der Waals surface area contributed by atoms with Gasteiger partial charge in [0.2, 0.25) is 5.91 Å². The van der Waals surface area contributed by atoms with Gasteiger partial charge in [0.25, 0.3) is 10.0 Å². The van der Waals surface area contributed by atoms with Crippen molar-refractivity contribution in [2.45, 2.75) is 42.7 Å². The molecule has 1 aliphatic carbocycles. The molecular formula is C22H25N5O3S2. The largest absolute Gasteiger partial charge is 0.326 e. The highest BCUT2D eigenvalue weighted by atomic mass is 32.2. The van der Waals surface area contributed by atoms with Gasteiger partial charge < -0.3 is 5.32 Å². The van der Waals surface area contributed by atoms with Gasteiger partial charge in [-0.3, -0.25) is 9.89 Å². The third-order valence-corrected chi connectivity index (χ3v) is 9.28. The average Bonchev–Trinajstić information content (AvgIpc) is 3.35. The number of aromatic nitrogens is 3. The lowest BCUT2D eigenvalue weighted by Gasteiger charge is -2.30. The van der Waals surface area contributed by atoms with Crippen molar-refractivity contribution < 1.29 is 13.2 Å². The predicted octanol–water partition coefficient (Wildman–Crippen LogP) is 3.76. The minimum absolute atomic E-state index is 0.158. The van der Waals surface area contributed by atoms with Crippen molar-refractivity contribution in [1.82, 2.24) is 19.5 Å². The molecule has 2 fully saturated rings. The molecule has 1 saturated heterocycles. The van der Waals surface area contributed by atoms with Crippen LogP contribution >= 0.6 is 11.3 Å². The van der Waals surface area contributed by atoms with Crippen molar-refractivity contribution >= 4 is 33.0 Å². The molecule has 2 aromatic heterocycles. The summed E-state index contributed by atoms with van der Waals surface area (Å²) in [5.74, 6) is 1.56. The van der Waals surface area contributed by atoms with Crippen LogP contribution in [0, 0.1) is 12.8 Å². The van der Waals surface area contributed by atoms with Gasteiger partial charge in [0.1, 0.15) is 10.0 Å². The van der Waals surface area contributed by atoms with E-state index in [1.165, 1.54) is 15.6 Å². The Hall–Kier alpha value is -2.56. The zero-order valence-electron chi connectivity index (χ0n) is 17.7. The molecule has 8 nitrogen and oxygen atoms in total. The van der Waals surface area contributed by atoms with Crippen LogP contribution in [0.5, 0.6) is 0 Å². The molecule has 3 heterocycles. The first-order valence-electron chi connectivity index (χ1n) is 10.8. The monoisotopic (exact) mass is 471 g/mol. The van der Waals surface area contributed by atoms with Gasteiger partial charge in [-0.25, -0.2) is 13.4 Å². The number of carbonyl (C=O) groups is 1. The molecule has 168 valence electrons. The third kappa shape index (κ3) is 4.35. The van der Waals surface area contributed by atoms with Gasteiger partial charge in [-0.05, 0) is 69.0 Å². The maximum atomic E-state index is 12.9. The lowest BCUT2D eigenvalue weighted by molar-refractivity contribution is -0.120. The average molecular weight is 472 g/mol. The maximum absolute atomic E-state index is 12.9. The topological polar surface area (TPSA) is 108 Å². The van der Waals surface area contributed by atoms with Gasteiger partial charge in [0.05, 0.1) is 5.92 Å². The Labute approximate surface area is 191 Å². The van der Waals surface area contributed by atoms with Gasteiger partial charge in [-0.2, -0.15) is 9.40 Å². The number of rotatable bonds is 6. The summed E-state index contributed by atoms with van der Waals surface area (Å²) in [4.78, 5) is 18.4. The van der Waals surface area contributed by atoms with Crippen molar-refractivity contribution in [3.05, 3.63) is 47.1 Å². The Morgan fingerprint density at radius 2 is 1.94 bits per heavy atom. The van der Waals surface area contributed by atoms with Crippen LogP contribution in [-0.2, 0) is 14.8 Å². The van der Waals surface area contributed by atoms with Gasteiger partial charge in [-0.15, -0.1) is 11.3 Å². The van der Waals surface area contributed by atoms with Crippen molar-refractivity contribution in [3.8, 4) is 11.4 Å². The van der Waals surface area contributed by atoms with E-state index in [0.717, 1.165) is 29.1 Å². The number of amides is 1. The first kappa shape index (κ1) is 21.3. The highest BCUT2D eigenvalue weighted by molar-refractivity contribution is 7.91. The molecule has 10 heteroatoms. The Morgan fingerprint density at radius 3 is 2.62 bits per heavy atom. The second kappa shape index (κ2) is 8.42. The van der Waals surface area contributed by atoms with E-state index in [9.17, 15) is 13.2 Å². The van der Waals surface area contributed by atoms with E-state index in [2.05, 4.69) is 20.5 Å². The smallest absolute Gasteiger partial charge is 0.252 e. The van der Waals surface area contributed by atoms with Crippen LogP contribution in [0.4, 0.5) is 5.69 Å². The van der Waals surface area contributed by atoms with Gasteiger partial charge in [0, 0.05) is 35.1 Å². The summed E-state index contributed by atoms with van der Waals surface area (Å²) >= 11 is 1.26. The molecule has 2 aliphatic rings. The van der Waals surface area contributed by atoms with E-state index >= 15 is 0 Å². The molecular weight excluding hydrogens is 446 g/mol. The summed E-state index contributed by atoms with van der Waals surface area (Å²) < 4.78 is 27.7. The molecule has 5 rings (SSSR count). The van der Waals surface area contributed by atoms with Crippen LogP contribution in [0.1, 0.15) is 42.3 Å². The minimum Gasteiger partial charge on any atom is -0.326 e. The van der Waals surface area contributed by atoms with Crippen LogP contribution in [0.25, 0.3) is 11.4 Å². The predicted molar refractivity (Wildman–Crippen MR) is 123 cm³/mol. The molecule has 1 aromatic carbocycles. The number of aromatic amines is 1. The van der Waals surface area contributed by atoms with Crippen molar-refractivity contribution in [2.75, 3.05) is 18.4 Å². The Balaban J connectivity index is 1.23. The van der Waals surface area contributed by atoms with E-state index in [0.29, 0.717) is 41.0 Å². The number of nitrogens with one attached hydrogen (secondary N) is 2. The number of sulfonamides is 1. The van der Waals surface area contributed by atoms with E-state index in [1.54, 1.807) is 12.1 Å². The van der Waals surface area contributed by atoms with Gasteiger partial charge in [0.15, 0.2) is 5.82 Å². The van der Waals surface area contributed by atoms with Crippen molar-refractivity contribution in [1.29, 1.82) is 0 Å². The molecule has 0 radical (unpaired) electrons. The zero-order valence-corrected chi connectivity index (χ0v) is 19.4. The second-order valence-corrected chi connectivity index (χ2v) is 11.9. The van der Waals surface area contributed by atoms with Crippen LogP contribution in [0.15, 0.2) is 40.6 Å². The minimum atomic E-state index is -3.56. The molecule has 1 aliphatic heterocycles. The number of H-pyrrole nitrogens is 1. The maximum Gasteiger partial charge on any atom is 0.252 e. The summed E-state index contributed by atoms with van der Waals surface area (Å²) in [6, 6.07) is 10.9. The normalized spacial score (nSPS) is 19.7. The first-order valence-corrected chi connectivity index (χ1v) is 13.1. The number of benzene rings is 1. The van der Waals surface area contributed by atoms with E-state index in [1.807, 2.05) is 31.2 Å². The highest BCUT2D eigenvalue weighted by Crippen LogP contribution is 2.38. The molecule has 2 N–H and O–H groups in total. The molecule has 3 aromatic rings. The van der Waals surface area contributed by atoms with Crippen molar-refractivity contribution in [2.24, 2.45) is 5.92 Å². The quantitative estimate of drug-likeness (QED) is 0.569. The fourth-order valence-electron chi connectivity index (χ4n) is 3.94. The van der Waals surface area contributed by atoms with E-state index in [4.69, 9.17) is 0 Å². The Morgan fingerprint density at radius 1 is 1.16 bits per heavy atom. The van der Waals surface area contributed by atoms with Crippen LogP contribution in [0.3, 0.4) is 0 Å². The van der Waals surface area contributed by atoms with Crippen LogP contribution in [-0.4, -0.2) is 46.9 Å². The summed E-state index contributed by atoms with van der Waals surface area (Å²) in [6.45, 7) is 2.53. The third-order valence-electron chi connectivity index (χ3n) is 5.94. The molecule has 0 bridgehead atoms. The fraction of sp³-hybridized carbons (Fsp3) is 0.409. The SMILES string of the molecule is Cc1ccc(S(=O)(=O)N2CCCC(C(=O)Nc3ccc(-c4n[nH]c(C5CC5)n4)cc3)C2)s1. The lowest BCUT2D eigenvalue weighted by Crippen LogP contribution is -2.43. The van der Waals surface area contributed by atoms with Crippen molar-refractivity contribution in [3.63, 3.8) is 0 Å². The zero-order chi connectivity index (χ0) is 22.3. The molecule has 1 saturated carbocycles. The summed E-state index contributed by atoms with van der Waals surface area (Å²) in [7, 11) is -3.56. The Bertz CT molecular complexity index is 1230. The van der Waals surface area contributed by atoms with Gasteiger partial charge in [-0.1, -0.05) is 0 Å². The van der Waals surface area contributed by atoms with E-state index < -0.39 is 10.0 Å². The Kier molecular flexibility index (Phi) is 5.60. The lowest BCUT2D eigenvalue weighted by atomic mass is 9.98. The summed E-state index contributed by atoms with van der Waals surface area (Å²) in [6.07, 6.45) is 3.65. The summed E-state index contributed by atoms with van der Waals surface area (Å²) in [5.41, 5.74) is 1.55. The number of aryl methyl sites for hydroxylation is 1. The number of hydrogen-bond donors (Lipinski definition) is 2. The number of anilines is 1. The number of hydrogen-bond acceptors (Lipinski definition) is 6. The first-order chi connectivity index (χ1) is 15.4. The molecule has 1 amide bonds. The van der Waals surface area contributed by atoms with Gasteiger partial charge >= 0.3 is 0 Å². The number of thiophene rings is 1. The van der Waals surface area contributed by atoms with Crippen LogP contribution < -0.4 is 5.32 Å². The number of piperidine rings is 1. The molecule has 1 atom stereocenters. The highest BCUT2D eigenvalue weighted by Gasteiger charge is 2.34. The fourth-order valence-corrected chi connectivity index (χ4v) is 6.90. The summed E-state index contributed by atoms with van der Waals surface area (Å²) in [5, 5.41) is 10.2. The standard InChI is InChI=1S/C22H25N5O3S2/c1-14-4-11-19(31-14)32(29,30)27-12-2-3-17(13-27)22(28)23-18-9-7-16(8-10-18)21-24-20(25-26-21)15-5-6-15/h4,7-11,15,17H,2-3,5-6,12-13H2,1H3,(H,23,28)(H,24,25,26). The number of carbonyl (C=O) groups excluding carboxylic acids is 1. The molecule has 32 heavy (non-hydrogen) atoms.